The van der Waals surface area contributed by atoms with Crippen molar-refractivity contribution in [2.45, 2.75) is 38.4 Å². The van der Waals surface area contributed by atoms with Crippen LogP contribution in [0.25, 0.3) is 0 Å². The molecule has 2 aromatic rings. The maximum atomic E-state index is 11.5. The molecule has 0 aromatic carbocycles. The molecule has 1 fully saturated rings. The van der Waals surface area contributed by atoms with Crippen molar-refractivity contribution in [2.24, 2.45) is 0 Å². The molecule has 2 aromatic heterocycles. The second kappa shape index (κ2) is 6.03. The van der Waals surface area contributed by atoms with Gasteiger partial charge in [-0.25, -0.2) is 4.79 Å². The number of rotatable bonds is 6. The van der Waals surface area contributed by atoms with E-state index in [0.29, 0.717) is 6.04 Å². The van der Waals surface area contributed by atoms with Gasteiger partial charge in [0, 0.05) is 12.6 Å². The number of nitrogens with zero attached hydrogens (tertiary/aromatic N) is 1. The molecule has 0 aliphatic heterocycles. The summed E-state index contributed by atoms with van der Waals surface area (Å²) in [6.07, 6.45) is 2.47. The van der Waals surface area contributed by atoms with Gasteiger partial charge in [-0.2, -0.15) is 11.3 Å². The Hall–Kier alpha value is -1.59. The summed E-state index contributed by atoms with van der Waals surface area (Å²) >= 11 is 1.72. The Morgan fingerprint density at radius 3 is 2.90 bits per heavy atom. The molecule has 1 saturated carbocycles. The first-order valence-corrected chi connectivity index (χ1v) is 8.08. The lowest BCUT2D eigenvalue weighted by atomic mass is 10.2. The van der Waals surface area contributed by atoms with E-state index in [1.54, 1.807) is 17.4 Å². The third-order valence-corrected chi connectivity index (χ3v) is 4.62. The number of hydrogen-bond donors (Lipinski definition) is 0. The molecule has 1 aliphatic carbocycles. The molecule has 0 amide bonds. The van der Waals surface area contributed by atoms with E-state index in [2.05, 4.69) is 33.4 Å². The normalized spacial score (nSPS) is 16.1. The molecular weight excluding hydrogens is 286 g/mol. The minimum Gasteiger partial charge on any atom is -0.463 e. The van der Waals surface area contributed by atoms with Crippen LogP contribution in [0.2, 0.25) is 0 Å². The summed E-state index contributed by atoms with van der Waals surface area (Å²) in [4.78, 5) is 13.9. The van der Waals surface area contributed by atoms with Crippen molar-refractivity contribution < 1.29 is 13.9 Å². The molecule has 2 heterocycles. The molecule has 1 aliphatic rings. The van der Waals surface area contributed by atoms with Gasteiger partial charge in [-0.3, -0.25) is 4.90 Å². The smallest absolute Gasteiger partial charge is 0.373 e. The lowest BCUT2D eigenvalue weighted by Crippen LogP contribution is -2.28. The molecule has 3 rings (SSSR count). The minimum atomic E-state index is -0.427. The van der Waals surface area contributed by atoms with E-state index in [9.17, 15) is 4.79 Å². The van der Waals surface area contributed by atoms with Gasteiger partial charge in [0.2, 0.25) is 5.76 Å². The van der Waals surface area contributed by atoms with Crippen LogP contribution in [-0.2, 0) is 11.3 Å². The van der Waals surface area contributed by atoms with Crippen LogP contribution in [0.5, 0.6) is 0 Å². The summed E-state index contributed by atoms with van der Waals surface area (Å²) in [6.45, 7) is 3.05. The van der Waals surface area contributed by atoms with E-state index in [1.165, 1.54) is 25.5 Å². The van der Waals surface area contributed by atoms with Gasteiger partial charge in [0.25, 0.3) is 0 Å². The predicted molar refractivity (Wildman–Crippen MR) is 81.3 cm³/mol. The van der Waals surface area contributed by atoms with Gasteiger partial charge in [0.1, 0.15) is 5.76 Å². The molecular formula is C16H19NO3S. The second-order valence-corrected chi connectivity index (χ2v) is 6.18. The van der Waals surface area contributed by atoms with Crippen molar-refractivity contribution in [3.63, 3.8) is 0 Å². The van der Waals surface area contributed by atoms with Crippen molar-refractivity contribution in [1.82, 2.24) is 4.90 Å². The van der Waals surface area contributed by atoms with Crippen LogP contribution in [0, 0.1) is 0 Å². The second-order valence-electron chi connectivity index (χ2n) is 5.40. The maximum absolute atomic E-state index is 11.5. The van der Waals surface area contributed by atoms with E-state index in [1.807, 2.05) is 6.07 Å². The van der Waals surface area contributed by atoms with Crippen LogP contribution >= 0.6 is 11.3 Å². The van der Waals surface area contributed by atoms with Gasteiger partial charge in [-0.1, -0.05) is 0 Å². The quantitative estimate of drug-likeness (QED) is 0.760. The number of carbonyl (C=O) groups is 1. The fourth-order valence-electron chi connectivity index (χ4n) is 2.53. The molecule has 5 heteroatoms. The van der Waals surface area contributed by atoms with Crippen molar-refractivity contribution in [1.29, 1.82) is 0 Å². The van der Waals surface area contributed by atoms with E-state index >= 15 is 0 Å². The van der Waals surface area contributed by atoms with E-state index < -0.39 is 5.97 Å². The lowest BCUT2D eigenvalue weighted by molar-refractivity contribution is 0.0558. The van der Waals surface area contributed by atoms with Crippen molar-refractivity contribution in [2.75, 3.05) is 7.11 Å². The van der Waals surface area contributed by atoms with E-state index in [-0.39, 0.29) is 11.8 Å². The Morgan fingerprint density at radius 1 is 1.48 bits per heavy atom. The van der Waals surface area contributed by atoms with Crippen LogP contribution < -0.4 is 0 Å². The maximum Gasteiger partial charge on any atom is 0.373 e. The summed E-state index contributed by atoms with van der Waals surface area (Å²) in [5.74, 6) is 0.660. The Kier molecular flexibility index (Phi) is 4.12. The molecule has 1 atom stereocenters. The zero-order chi connectivity index (χ0) is 14.8. The standard InChI is InChI=1S/C16H19NO3S/c1-11(14-5-6-15(20-14)16(18)19-2)17(13-3-4-13)9-12-7-8-21-10-12/h5-8,10-11,13H,3-4,9H2,1-2H3. The molecule has 0 bridgehead atoms. The van der Waals surface area contributed by atoms with Gasteiger partial charge in [-0.15, -0.1) is 0 Å². The number of esters is 1. The van der Waals surface area contributed by atoms with Crippen LogP contribution in [0.15, 0.2) is 33.4 Å². The predicted octanol–water partition coefficient (Wildman–Crippen LogP) is 3.85. The van der Waals surface area contributed by atoms with E-state index in [0.717, 1.165) is 12.3 Å². The van der Waals surface area contributed by atoms with Gasteiger partial charge in [-0.05, 0) is 54.3 Å². The first-order valence-electron chi connectivity index (χ1n) is 7.14. The van der Waals surface area contributed by atoms with Gasteiger partial charge in [0.15, 0.2) is 0 Å². The SMILES string of the molecule is COC(=O)c1ccc(C(C)N(Cc2ccsc2)C2CC2)o1. The fraction of sp³-hybridized carbons (Fsp3) is 0.438. The van der Waals surface area contributed by atoms with Crippen LogP contribution in [-0.4, -0.2) is 24.0 Å². The van der Waals surface area contributed by atoms with Crippen molar-refractivity contribution >= 4 is 17.3 Å². The highest BCUT2D eigenvalue weighted by molar-refractivity contribution is 7.07. The van der Waals surface area contributed by atoms with Crippen molar-refractivity contribution in [3.8, 4) is 0 Å². The molecule has 0 radical (unpaired) electrons. The summed E-state index contributed by atoms with van der Waals surface area (Å²) in [7, 11) is 1.36. The summed E-state index contributed by atoms with van der Waals surface area (Å²) in [5, 5.41) is 4.29. The number of ether oxygens (including phenoxy) is 1. The zero-order valence-electron chi connectivity index (χ0n) is 12.2. The molecule has 21 heavy (non-hydrogen) atoms. The van der Waals surface area contributed by atoms with E-state index in [4.69, 9.17) is 4.42 Å². The first-order chi connectivity index (χ1) is 10.2. The first kappa shape index (κ1) is 14.4. The highest BCUT2D eigenvalue weighted by Crippen LogP contribution is 2.36. The molecule has 0 spiro atoms. The highest BCUT2D eigenvalue weighted by atomic mass is 32.1. The number of hydrogen-bond acceptors (Lipinski definition) is 5. The largest absolute Gasteiger partial charge is 0.463 e. The Balaban J connectivity index is 1.76. The van der Waals surface area contributed by atoms with Crippen LogP contribution in [0.1, 0.15) is 47.7 Å². The highest BCUT2D eigenvalue weighted by Gasteiger charge is 2.34. The summed E-state index contributed by atoms with van der Waals surface area (Å²) in [5.41, 5.74) is 1.33. The monoisotopic (exact) mass is 305 g/mol. The third kappa shape index (κ3) is 3.19. The Morgan fingerprint density at radius 2 is 2.29 bits per heavy atom. The van der Waals surface area contributed by atoms with Gasteiger partial charge >= 0.3 is 5.97 Å². The molecule has 0 N–H and O–H groups in total. The lowest BCUT2D eigenvalue weighted by Gasteiger charge is -2.27. The molecule has 1 unspecified atom stereocenters. The van der Waals surface area contributed by atoms with Crippen molar-refractivity contribution in [3.05, 3.63) is 46.0 Å². The van der Waals surface area contributed by atoms with Crippen LogP contribution in [0.3, 0.4) is 0 Å². The number of carbonyl (C=O) groups excluding carboxylic acids is 1. The Labute approximate surface area is 128 Å². The average molecular weight is 305 g/mol. The summed E-state index contributed by atoms with van der Waals surface area (Å²) < 4.78 is 10.4. The van der Waals surface area contributed by atoms with Gasteiger partial charge in [0.05, 0.1) is 13.2 Å². The van der Waals surface area contributed by atoms with Gasteiger partial charge < -0.3 is 9.15 Å². The molecule has 112 valence electrons. The van der Waals surface area contributed by atoms with Crippen LogP contribution in [0.4, 0.5) is 0 Å². The topological polar surface area (TPSA) is 42.7 Å². The summed E-state index contributed by atoms with van der Waals surface area (Å²) in [6, 6.07) is 6.49. The number of methoxy groups -OCH3 is 1. The molecule has 0 saturated heterocycles. The number of thiophene rings is 1. The zero-order valence-corrected chi connectivity index (χ0v) is 13.1. The Bertz CT molecular complexity index is 601. The minimum absolute atomic E-state index is 0.149. The number of furan rings is 1. The fourth-order valence-corrected chi connectivity index (χ4v) is 3.19. The molecule has 4 nitrogen and oxygen atoms in total. The average Bonchev–Trinajstić information content (AvgIpc) is 3.02. The third-order valence-electron chi connectivity index (χ3n) is 3.88.